The lowest BCUT2D eigenvalue weighted by molar-refractivity contribution is 0.0628. The van der Waals surface area contributed by atoms with Crippen molar-refractivity contribution in [2.75, 3.05) is 26.9 Å². The molecule has 0 bridgehead atoms. The van der Waals surface area contributed by atoms with Crippen LogP contribution in [-0.2, 0) is 9.47 Å². The zero-order valence-corrected chi connectivity index (χ0v) is 7.79. The van der Waals surface area contributed by atoms with Crippen LogP contribution in [-0.4, -0.2) is 33.0 Å². The minimum atomic E-state index is 0.125. The van der Waals surface area contributed by atoms with Gasteiger partial charge in [-0.1, -0.05) is 6.08 Å². The molecule has 1 atom stereocenters. The second-order valence-corrected chi connectivity index (χ2v) is 2.69. The van der Waals surface area contributed by atoms with E-state index in [0.717, 1.165) is 12.8 Å². The van der Waals surface area contributed by atoms with E-state index in [1.807, 2.05) is 6.08 Å². The van der Waals surface area contributed by atoms with Gasteiger partial charge in [0.1, 0.15) is 0 Å². The molecule has 0 aromatic carbocycles. The first-order valence-electron chi connectivity index (χ1n) is 4.24. The van der Waals surface area contributed by atoms with Gasteiger partial charge in [0, 0.05) is 13.2 Å². The van der Waals surface area contributed by atoms with Gasteiger partial charge >= 0.3 is 0 Å². The monoisotopic (exact) mass is 173 g/mol. The molecule has 0 heterocycles. The minimum Gasteiger partial charge on any atom is -0.382 e. The molecule has 1 unspecified atom stereocenters. The molecule has 0 aromatic rings. The Labute approximate surface area is 74.5 Å². The minimum absolute atomic E-state index is 0.125. The van der Waals surface area contributed by atoms with Crippen LogP contribution in [0.5, 0.6) is 0 Å². The van der Waals surface area contributed by atoms with Crippen LogP contribution in [0.15, 0.2) is 12.7 Å². The van der Waals surface area contributed by atoms with Gasteiger partial charge in [0.15, 0.2) is 0 Å². The van der Waals surface area contributed by atoms with Crippen molar-refractivity contribution in [3.8, 4) is 0 Å². The van der Waals surface area contributed by atoms with Crippen LogP contribution < -0.4 is 5.73 Å². The Bertz CT molecular complexity index is 107. The predicted octanol–water partition coefficient (Wildman–Crippen LogP) is 0.943. The highest BCUT2D eigenvalue weighted by atomic mass is 16.5. The quantitative estimate of drug-likeness (QED) is 0.439. The van der Waals surface area contributed by atoms with Crippen molar-refractivity contribution < 1.29 is 9.47 Å². The molecule has 0 aromatic heterocycles. The molecule has 0 aliphatic rings. The third-order valence-electron chi connectivity index (χ3n) is 1.51. The van der Waals surface area contributed by atoms with Crippen molar-refractivity contribution in [1.82, 2.24) is 0 Å². The first-order valence-corrected chi connectivity index (χ1v) is 4.24. The van der Waals surface area contributed by atoms with Gasteiger partial charge in [-0.25, -0.2) is 0 Å². The molecule has 3 heteroatoms. The SMILES string of the molecule is C=CCCC(N)COCCOC. The summed E-state index contributed by atoms with van der Waals surface area (Å²) in [4.78, 5) is 0. The molecule has 12 heavy (non-hydrogen) atoms. The summed E-state index contributed by atoms with van der Waals surface area (Å²) >= 11 is 0. The van der Waals surface area contributed by atoms with E-state index in [0.29, 0.717) is 19.8 Å². The van der Waals surface area contributed by atoms with Crippen molar-refractivity contribution in [1.29, 1.82) is 0 Å². The van der Waals surface area contributed by atoms with Crippen LogP contribution in [0.25, 0.3) is 0 Å². The van der Waals surface area contributed by atoms with Crippen molar-refractivity contribution in [2.45, 2.75) is 18.9 Å². The molecule has 0 saturated carbocycles. The van der Waals surface area contributed by atoms with E-state index in [1.165, 1.54) is 0 Å². The van der Waals surface area contributed by atoms with Crippen LogP contribution >= 0.6 is 0 Å². The van der Waals surface area contributed by atoms with Gasteiger partial charge < -0.3 is 15.2 Å². The van der Waals surface area contributed by atoms with Crippen molar-refractivity contribution in [2.24, 2.45) is 5.73 Å². The largest absolute Gasteiger partial charge is 0.382 e. The van der Waals surface area contributed by atoms with Crippen molar-refractivity contribution >= 4 is 0 Å². The van der Waals surface area contributed by atoms with Gasteiger partial charge in [0.2, 0.25) is 0 Å². The van der Waals surface area contributed by atoms with Gasteiger partial charge in [-0.05, 0) is 12.8 Å². The summed E-state index contributed by atoms with van der Waals surface area (Å²) in [5.74, 6) is 0. The lowest BCUT2D eigenvalue weighted by Gasteiger charge is -2.10. The van der Waals surface area contributed by atoms with Gasteiger partial charge in [-0.2, -0.15) is 0 Å². The van der Waals surface area contributed by atoms with Crippen LogP contribution in [0, 0.1) is 0 Å². The third-order valence-corrected chi connectivity index (χ3v) is 1.51. The molecule has 0 spiro atoms. The summed E-state index contributed by atoms with van der Waals surface area (Å²) in [6, 6.07) is 0.125. The first kappa shape index (κ1) is 11.6. The second-order valence-electron chi connectivity index (χ2n) is 2.69. The summed E-state index contributed by atoms with van der Waals surface area (Å²) in [7, 11) is 1.65. The van der Waals surface area contributed by atoms with Crippen LogP contribution in [0.1, 0.15) is 12.8 Å². The lowest BCUT2D eigenvalue weighted by atomic mass is 10.2. The standard InChI is InChI=1S/C9H19NO2/c1-3-4-5-9(10)8-12-7-6-11-2/h3,9H,1,4-8,10H2,2H3. The fourth-order valence-electron chi connectivity index (χ4n) is 0.792. The highest BCUT2D eigenvalue weighted by Gasteiger charge is 1.99. The van der Waals surface area contributed by atoms with E-state index in [2.05, 4.69) is 6.58 Å². The fourth-order valence-corrected chi connectivity index (χ4v) is 0.792. The smallest absolute Gasteiger partial charge is 0.0701 e. The molecule has 0 aliphatic heterocycles. The molecule has 0 radical (unpaired) electrons. The van der Waals surface area contributed by atoms with E-state index < -0.39 is 0 Å². The number of methoxy groups -OCH3 is 1. The summed E-state index contributed by atoms with van der Waals surface area (Å²) < 4.78 is 10.1. The van der Waals surface area contributed by atoms with Crippen LogP contribution in [0.3, 0.4) is 0 Å². The Balaban J connectivity index is 3.07. The maximum Gasteiger partial charge on any atom is 0.0701 e. The van der Waals surface area contributed by atoms with Gasteiger partial charge in [-0.15, -0.1) is 6.58 Å². The van der Waals surface area contributed by atoms with Gasteiger partial charge in [0.05, 0.1) is 19.8 Å². The molecule has 0 rings (SSSR count). The topological polar surface area (TPSA) is 44.5 Å². The maximum atomic E-state index is 5.73. The highest BCUT2D eigenvalue weighted by molar-refractivity contribution is 4.70. The van der Waals surface area contributed by atoms with Crippen molar-refractivity contribution in [3.05, 3.63) is 12.7 Å². The zero-order valence-electron chi connectivity index (χ0n) is 7.79. The Hall–Kier alpha value is -0.380. The average molecular weight is 173 g/mol. The van der Waals surface area contributed by atoms with Crippen LogP contribution in [0.4, 0.5) is 0 Å². The molecule has 0 amide bonds. The van der Waals surface area contributed by atoms with E-state index in [-0.39, 0.29) is 6.04 Å². The molecule has 72 valence electrons. The van der Waals surface area contributed by atoms with Crippen molar-refractivity contribution in [3.63, 3.8) is 0 Å². The number of hydrogen-bond acceptors (Lipinski definition) is 3. The van der Waals surface area contributed by atoms with Gasteiger partial charge in [-0.3, -0.25) is 0 Å². The maximum absolute atomic E-state index is 5.73. The molecule has 2 N–H and O–H groups in total. The number of rotatable bonds is 8. The lowest BCUT2D eigenvalue weighted by Crippen LogP contribution is -2.26. The average Bonchev–Trinajstić information content (AvgIpc) is 2.09. The number of nitrogens with two attached hydrogens (primary N) is 1. The van der Waals surface area contributed by atoms with Crippen LogP contribution in [0.2, 0.25) is 0 Å². The number of hydrogen-bond donors (Lipinski definition) is 1. The molecule has 0 saturated heterocycles. The number of ether oxygens (including phenoxy) is 2. The normalized spacial score (nSPS) is 12.8. The fraction of sp³-hybridized carbons (Fsp3) is 0.778. The predicted molar refractivity (Wildman–Crippen MR) is 50.1 cm³/mol. The Morgan fingerprint density at radius 1 is 1.50 bits per heavy atom. The Morgan fingerprint density at radius 2 is 2.25 bits per heavy atom. The summed E-state index contributed by atoms with van der Waals surface area (Å²) in [5.41, 5.74) is 5.73. The van der Waals surface area contributed by atoms with E-state index in [4.69, 9.17) is 15.2 Å². The Kier molecular flexibility index (Phi) is 8.44. The molecule has 0 aliphatic carbocycles. The highest BCUT2D eigenvalue weighted by Crippen LogP contribution is 1.95. The molecule has 0 fully saturated rings. The molecule has 3 nitrogen and oxygen atoms in total. The van der Waals surface area contributed by atoms with E-state index in [1.54, 1.807) is 7.11 Å². The number of allylic oxidation sites excluding steroid dienone is 1. The third kappa shape index (κ3) is 7.72. The first-order chi connectivity index (χ1) is 5.81. The van der Waals surface area contributed by atoms with E-state index in [9.17, 15) is 0 Å². The van der Waals surface area contributed by atoms with Gasteiger partial charge in [0.25, 0.3) is 0 Å². The van der Waals surface area contributed by atoms with E-state index >= 15 is 0 Å². The molecular formula is C9H19NO2. The second kappa shape index (κ2) is 8.71. The summed E-state index contributed by atoms with van der Waals surface area (Å²) in [5, 5.41) is 0. The zero-order chi connectivity index (χ0) is 9.23. The summed E-state index contributed by atoms with van der Waals surface area (Å²) in [6.45, 7) is 5.49. The molecular weight excluding hydrogens is 154 g/mol. The Morgan fingerprint density at radius 3 is 2.83 bits per heavy atom. The summed E-state index contributed by atoms with van der Waals surface area (Å²) in [6.07, 6.45) is 3.76.